The minimum atomic E-state index is -0.372. The van der Waals surface area contributed by atoms with E-state index in [-0.39, 0.29) is 24.2 Å². The van der Waals surface area contributed by atoms with Gasteiger partial charge in [-0.3, -0.25) is 4.79 Å². The summed E-state index contributed by atoms with van der Waals surface area (Å²) in [6, 6.07) is 3.40. The number of hydrogen-bond acceptors (Lipinski definition) is 8. The summed E-state index contributed by atoms with van der Waals surface area (Å²) in [5.74, 6) is 0.777. The van der Waals surface area contributed by atoms with Gasteiger partial charge in [0.15, 0.2) is 11.5 Å². The lowest BCUT2D eigenvalue weighted by molar-refractivity contribution is 0.0721. The first-order valence-electron chi connectivity index (χ1n) is 10.2. The van der Waals surface area contributed by atoms with Gasteiger partial charge in [0.05, 0.1) is 37.7 Å². The van der Waals surface area contributed by atoms with Crippen LogP contribution in [-0.2, 0) is 11.2 Å². The first kappa shape index (κ1) is 19.7. The first-order valence-corrected chi connectivity index (χ1v) is 10.2. The topological polar surface area (TPSA) is 114 Å². The van der Waals surface area contributed by atoms with Crippen LogP contribution in [0.1, 0.15) is 29.8 Å². The van der Waals surface area contributed by atoms with Gasteiger partial charge in [0.2, 0.25) is 5.88 Å². The quantitative estimate of drug-likeness (QED) is 0.644. The number of carbonyl (C=O) groups excluding carboxylic acids is 1. The number of nitrogens with zero attached hydrogens (tertiary/aromatic N) is 5. The summed E-state index contributed by atoms with van der Waals surface area (Å²) in [7, 11) is 0. The number of anilines is 2. The van der Waals surface area contributed by atoms with Crippen molar-refractivity contribution in [3.63, 3.8) is 0 Å². The highest BCUT2D eigenvalue weighted by molar-refractivity contribution is 6.09. The number of amides is 1. The van der Waals surface area contributed by atoms with Crippen molar-refractivity contribution < 1.29 is 19.4 Å². The van der Waals surface area contributed by atoms with Crippen LogP contribution in [-0.4, -0.2) is 68.6 Å². The van der Waals surface area contributed by atoms with Crippen LogP contribution in [0.2, 0.25) is 0 Å². The highest BCUT2D eigenvalue weighted by atomic mass is 16.5. The van der Waals surface area contributed by atoms with Crippen LogP contribution in [0.3, 0.4) is 0 Å². The molecule has 10 nitrogen and oxygen atoms in total. The van der Waals surface area contributed by atoms with Crippen LogP contribution in [0.5, 0.6) is 5.88 Å². The minimum Gasteiger partial charge on any atom is -0.471 e. The fourth-order valence-electron chi connectivity index (χ4n) is 4.07. The summed E-state index contributed by atoms with van der Waals surface area (Å²) in [5, 5.41) is 17.0. The molecule has 5 rings (SSSR count). The number of aromatic nitrogens is 4. The van der Waals surface area contributed by atoms with Gasteiger partial charge in [-0.1, -0.05) is 0 Å². The molecule has 1 amide bonds. The van der Waals surface area contributed by atoms with Crippen LogP contribution in [0.15, 0.2) is 30.7 Å². The molecular weight excluding hydrogens is 400 g/mol. The molecule has 0 aliphatic carbocycles. The Morgan fingerprint density at radius 1 is 1.42 bits per heavy atom. The number of ether oxygens (including phenoxy) is 2. The molecule has 5 heterocycles. The number of morpholine rings is 1. The van der Waals surface area contributed by atoms with Crippen molar-refractivity contribution in [2.24, 2.45) is 0 Å². The Hall–Kier alpha value is -3.24. The van der Waals surface area contributed by atoms with Crippen molar-refractivity contribution in [1.29, 1.82) is 0 Å². The lowest BCUT2D eigenvalue weighted by atomic mass is 10.0. The zero-order valence-corrected chi connectivity index (χ0v) is 17.4. The summed E-state index contributed by atoms with van der Waals surface area (Å²) in [5.41, 5.74) is 1.95. The molecule has 10 heteroatoms. The van der Waals surface area contributed by atoms with Gasteiger partial charge in [-0.25, -0.2) is 9.50 Å². The number of carbonyl (C=O) groups is 1. The van der Waals surface area contributed by atoms with Crippen LogP contribution in [0.4, 0.5) is 11.5 Å². The first-order chi connectivity index (χ1) is 14.9. The molecule has 162 valence electrons. The fourth-order valence-corrected chi connectivity index (χ4v) is 4.07. The van der Waals surface area contributed by atoms with Gasteiger partial charge in [0.1, 0.15) is 11.2 Å². The summed E-state index contributed by atoms with van der Waals surface area (Å²) in [6.07, 6.45) is 5.54. The molecule has 2 aliphatic heterocycles. The molecule has 3 aromatic rings. The predicted molar refractivity (Wildman–Crippen MR) is 113 cm³/mol. The lowest BCUT2D eigenvalue weighted by Crippen LogP contribution is -2.48. The Labute approximate surface area is 178 Å². The van der Waals surface area contributed by atoms with E-state index in [1.165, 1.54) is 6.20 Å². The van der Waals surface area contributed by atoms with Crippen molar-refractivity contribution in [2.75, 3.05) is 36.6 Å². The molecule has 0 bridgehead atoms. The second kappa shape index (κ2) is 7.47. The Bertz CT molecular complexity index is 1140. The van der Waals surface area contributed by atoms with Crippen molar-refractivity contribution in [3.05, 3.63) is 41.9 Å². The van der Waals surface area contributed by atoms with E-state index >= 15 is 0 Å². The van der Waals surface area contributed by atoms with Crippen LogP contribution >= 0.6 is 0 Å². The Morgan fingerprint density at radius 2 is 2.29 bits per heavy atom. The molecule has 0 radical (unpaired) electrons. The summed E-state index contributed by atoms with van der Waals surface area (Å²) in [6.45, 7) is 5.35. The minimum absolute atomic E-state index is 0.0868. The zero-order chi connectivity index (χ0) is 21.6. The van der Waals surface area contributed by atoms with Gasteiger partial charge in [-0.15, -0.1) is 0 Å². The van der Waals surface area contributed by atoms with Gasteiger partial charge >= 0.3 is 0 Å². The molecule has 0 aromatic carbocycles. The van der Waals surface area contributed by atoms with Gasteiger partial charge < -0.3 is 24.8 Å². The van der Waals surface area contributed by atoms with Gasteiger partial charge in [-0.05, 0) is 26.0 Å². The zero-order valence-electron chi connectivity index (χ0n) is 17.4. The fraction of sp³-hybridized carbons (Fsp3) is 0.429. The van der Waals surface area contributed by atoms with Crippen molar-refractivity contribution in [3.8, 4) is 5.88 Å². The summed E-state index contributed by atoms with van der Waals surface area (Å²) < 4.78 is 13.1. The maximum atomic E-state index is 13.1. The second-order valence-corrected chi connectivity index (χ2v) is 8.37. The molecule has 0 unspecified atom stereocenters. The van der Waals surface area contributed by atoms with Crippen LogP contribution in [0, 0.1) is 0 Å². The van der Waals surface area contributed by atoms with Crippen molar-refractivity contribution >= 4 is 23.1 Å². The summed E-state index contributed by atoms with van der Waals surface area (Å²) >= 11 is 0. The third kappa shape index (κ3) is 3.57. The predicted octanol–water partition coefficient (Wildman–Crippen LogP) is 1.29. The third-order valence-electron chi connectivity index (χ3n) is 5.51. The van der Waals surface area contributed by atoms with Crippen LogP contribution < -0.4 is 15.0 Å². The van der Waals surface area contributed by atoms with E-state index in [2.05, 4.69) is 15.4 Å². The van der Waals surface area contributed by atoms with E-state index in [9.17, 15) is 9.90 Å². The van der Waals surface area contributed by atoms with Gasteiger partial charge in [0, 0.05) is 30.9 Å². The molecule has 3 aromatic heterocycles. The molecule has 2 N–H and O–H groups in total. The van der Waals surface area contributed by atoms with E-state index < -0.39 is 0 Å². The third-order valence-corrected chi connectivity index (χ3v) is 5.51. The summed E-state index contributed by atoms with van der Waals surface area (Å²) in [4.78, 5) is 24.1. The van der Waals surface area contributed by atoms with Crippen LogP contribution in [0.25, 0.3) is 5.65 Å². The highest BCUT2D eigenvalue weighted by Crippen LogP contribution is 2.39. The molecule has 1 atom stereocenters. The van der Waals surface area contributed by atoms with E-state index in [0.717, 1.165) is 5.56 Å². The SMILES string of the molecule is CC1(C)Cc2cc(NC(=O)c3cnn4cccnc34)c(N3CCOC[C@H]3CO)nc2O1. The Morgan fingerprint density at radius 3 is 3.13 bits per heavy atom. The monoisotopic (exact) mass is 424 g/mol. The van der Waals surface area contributed by atoms with Gasteiger partial charge in [0.25, 0.3) is 5.91 Å². The molecule has 1 fully saturated rings. The normalized spacial score (nSPS) is 19.8. The van der Waals surface area contributed by atoms with E-state index in [0.29, 0.717) is 54.8 Å². The van der Waals surface area contributed by atoms with E-state index in [1.54, 1.807) is 23.0 Å². The maximum Gasteiger partial charge on any atom is 0.261 e. The average Bonchev–Trinajstić information content (AvgIpc) is 3.32. The Kier molecular flexibility index (Phi) is 4.75. The second-order valence-electron chi connectivity index (χ2n) is 8.37. The molecule has 31 heavy (non-hydrogen) atoms. The highest BCUT2D eigenvalue weighted by Gasteiger charge is 2.35. The maximum absolute atomic E-state index is 13.1. The molecule has 1 saturated heterocycles. The number of fused-ring (bicyclic) bond motifs is 2. The average molecular weight is 424 g/mol. The number of aliphatic hydroxyl groups excluding tert-OH is 1. The number of nitrogens with one attached hydrogen (secondary N) is 1. The number of aliphatic hydroxyl groups is 1. The molecular formula is C21H24N6O4. The Balaban J connectivity index is 1.54. The van der Waals surface area contributed by atoms with Gasteiger partial charge in [-0.2, -0.15) is 10.1 Å². The molecule has 0 saturated carbocycles. The number of rotatable bonds is 4. The molecule has 2 aliphatic rings. The van der Waals surface area contributed by atoms with E-state index in [1.807, 2.05) is 24.8 Å². The van der Waals surface area contributed by atoms with Crippen molar-refractivity contribution in [1.82, 2.24) is 19.6 Å². The lowest BCUT2D eigenvalue weighted by Gasteiger charge is -2.36. The van der Waals surface area contributed by atoms with Crippen molar-refractivity contribution in [2.45, 2.75) is 31.9 Å². The number of hydrogen-bond donors (Lipinski definition) is 2. The van der Waals surface area contributed by atoms with E-state index in [4.69, 9.17) is 14.5 Å². The smallest absolute Gasteiger partial charge is 0.261 e. The number of pyridine rings is 1. The standard InChI is InChI=1S/C21H24N6O4/c1-21(2)9-13-8-16(24-19(29)15-10-23-27-5-3-4-22-17(15)27)18(25-20(13)31-21)26-6-7-30-12-14(26)11-28/h3-5,8,10,14,28H,6-7,9,11-12H2,1-2H3,(H,24,29)/t14-/m1/s1. The molecule has 0 spiro atoms. The largest absolute Gasteiger partial charge is 0.471 e.